The summed E-state index contributed by atoms with van der Waals surface area (Å²) in [5.74, 6) is 1.42. The normalized spacial score (nSPS) is 29.1. The number of anilines is 1. The molecule has 0 spiro atoms. The van der Waals surface area contributed by atoms with Crippen LogP contribution in [0.4, 0.5) is 5.82 Å². The lowest BCUT2D eigenvalue weighted by Gasteiger charge is -2.16. The molecular weight excluding hydrogens is 228 g/mol. The highest BCUT2D eigenvalue weighted by molar-refractivity contribution is 5.39. The van der Waals surface area contributed by atoms with Gasteiger partial charge in [-0.1, -0.05) is 0 Å². The minimum absolute atomic E-state index is 0.213. The van der Waals surface area contributed by atoms with Crippen LogP contribution >= 0.6 is 0 Å². The van der Waals surface area contributed by atoms with Crippen LogP contribution in [0.25, 0.3) is 0 Å². The van der Waals surface area contributed by atoms with Gasteiger partial charge in [-0.3, -0.25) is 0 Å². The van der Waals surface area contributed by atoms with Crippen LogP contribution in [0.2, 0.25) is 0 Å². The fourth-order valence-corrected chi connectivity index (χ4v) is 2.85. The zero-order valence-corrected chi connectivity index (χ0v) is 10.8. The van der Waals surface area contributed by atoms with Gasteiger partial charge in [0, 0.05) is 25.6 Å². The molecule has 1 aromatic rings. The smallest absolute Gasteiger partial charge is 0.151 e. The summed E-state index contributed by atoms with van der Waals surface area (Å²) in [4.78, 5) is 4.43. The van der Waals surface area contributed by atoms with E-state index in [1.807, 2.05) is 6.07 Å². The Balaban J connectivity index is 1.69. The van der Waals surface area contributed by atoms with Gasteiger partial charge in [0.1, 0.15) is 0 Å². The lowest BCUT2D eigenvalue weighted by molar-refractivity contribution is 0.198. The third kappa shape index (κ3) is 2.33. The van der Waals surface area contributed by atoms with Crippen LogP contribution in [0.3, 0.4) is 0 Å². The van der Waals surface area contributed by atoms with Crippen LogP contribution in [0.15, 0.2) is 12.1 Å². The van der Waals surface area contributed by atoms with Gasteiger partial charge in [0.2, 0.25) is 0 Å². The summed E-state index contributed by atoms with van der Waals surface area (Å²) in [7, 11) is 2.15. The topological polar surface area (TPSA) is 52.5 Å². The Morgan fingerprint density at radius 3 is 2.61 bits per heavy atom. The molecule has 2 atom stereocenters. The highest BCUT2D eigenvalue weighted by Gasteiger charge is 2.24. The second-order valence-corrected chi connectivity index (χ2v) is 5.45. The number of nitrogens with zero attached hydrogens (tertiary/aromatic N) is 4. The van der Waals surface area contributed by atoms with E-state index in [2.05, 4.69) is 33.1 Å². The molecule has 1 N–H and O–H groups in total. The molecule has 1 aromatic heterocycles. The van der Waals surface area contributed by atoms with E-state index in [9.17, 15) is 5.11 Å². The molecule has 0 amide bonds. The van der Waals surface area contributed by atoms with E-state index in [-0.39, 0.29) is 6.10 Å². The van der Waals surface area contributed by atoms with Gasteiger partial charge in [-0.25, -0.2) is 0 Å². The van der Waals surface area contributed by atoms with Crippen molar-refractivity contribution in [1.82, 2.24) is 15.1 Å². The summed E-state index contributed by atoms with van der Waals surface area (Å²) in [6.45, 7) is 3.78. The van der Waals surface area contributed by atoms with Crippen molar-refractivity contribution >= 4 is 5.82 Å². The minimum Gasteiger partial charge on any atom is -0.391 e. The van der Waals surface area contributed by atoms with Crippen molar-refractivity contribution in [3.8, 4) is 0 Å². The molecule has 18 heavy (non-hydrogen) atoms. The molecule has 5 heteroatoms. The number of aliphatic hydroxyl groups excluding tert-OH is 1. The minimum atomic E-state index is -0.213. The zero-order valence-electron chi connectivity index (χ0n) is 10.8. The number of likely N-dealkylation sites (N-methyl/N-ethyl adjacent to an activating group) is 1. The molecule has 0 aliphatic carbocycles. The maximum atomic E-state index is 9.52. The Morgan fingerprint density at radius 1 is 1.17 bits per heavy atom. The van der Waals surface area contributed by atoms with Crippen LogP contribution in [-0.2, 0) is 0 Å². The first-order chi connectivity index (χ1) is 8.72. The summed E-state index contributed by atoms with van der Waals surface area (Å²) in [5, 5.41) is 18.2. The molecule has 2 fully saturated rings. The first-order valence-electron chi connectivity index (χ1n) is 6.67. The fraction of sp³-hybridized carbons (Fsp3) is 0.692. The third-order valence-electron chi connectivity index (χ3n) is 3.97. The molecule has 5 nitrogen and oxygen atoms in total. The van der Waals surface area contributed by atoms with E-state index < -0.39 is 0 Å². The molecule has 0 radical (unpaired) electrons. The van der Waals surface area contributed by atoms with E-state index in [1.54, 1.807) is 0 Å². The largest absolute Gasteiger partial charge is 0.391 e. The molecule has 2 aliphatic heterocycles. The molecule has 2 saturated heterocycles. The number of aliphatic hydroxyl groups is 1. The Kier molecular flexibility index (Phi) is 3.18. The van der Waals surface area contributed by atoms with E-state index in [1.165, 1.54) is 6.42 Å². The quantitative estimate of drug-likeness (QED) is 0.824. The first kappa shape index (κ1) is 11.9. The Bertz CT molecular complexity index is 369. The molecular formula is C13H20N4O. The SMILES string of the molecule is CN1CCC(c2ccc(N3CCC(O)C3)nn2)C1. The molecule has 98 valence electrons. The predicted molar refractivity (Wildman–Crippen MR) is 69.7 cm³/mol. The highest BCUT2D eigenvalue weighted by atomic mass is 16.3. The fourth-order valence-electron chi connectivity index (χ4n) is 2.85. The lowest BCUT2D eigenvalue weighted by atomic mass is 10.1. The van der Waals surface area contributed by atoms with Gasteiger partial charge in [0.15, 0.2) is 5.82 Å². The van der Waals surface area contributed by atoms with Crippen molar-refractivity contribution in [3.05, 3.63) is 17.8 Å². The van der Waals surface area contributed by atoms with Gasteiger partial charge in [-0.15, -0.1) is 5.10 Å². The van der Waals surface area contributed by atoms with Crippen molar-refractivity contribution in [2.45, 2.75) is 24.9 Å². The average molecular weight is 248 g/mol. The van der Waals surface area contributed by atoms with Crippen LogP contribution < -0.4 is 4.90 Å². The molecule has 0 saturated carbocycles. The van der Waals surface area contributed by atoms with Crippen molar-refractivity contribution in [2.75, 3.05) is 38.1 Å². The van der Waals surface area contributed by atoms with Crippen molar-refractivity contribution in [3.63, 3.8) is 0 Å². The van der Waals surface area contributed by atoms with E-state index in [0.29, 0.717) is 12.5 Å². The van der Waals surface area contributed by atoms with E-state index in [0.717, 1.165) is 37.6 Å². The van der Waals surface area contributed by atoms with Crippen LogP contribution in [0.1, 0.15) is 24.5 Å². The van der Waals surface area contributed by atoms with Gasteiger partial charge in [-0.05, 0) is 38.6 Å². The van der Waals surface area contributed by atoms with Gasteiger partial charge in [0.25, 0.3) is 0 Å². The van der Waals surface area contributed by atoms with Gasteiger partial charge >= 0.3 is 0 Å². The number of hydrogen-bond donors (Lipinski definition) is 1. The number of β-amino-alcohol motifs (C(OH)–C–C–N with tert-alkyl or cyclic N) is 1. The predicted octanol–water partition coefficient (Wildman–Crippen LogP) is 0.467. The molecule has 2 aliphatic rings. The van der Waals surface area contributed by atoms with Crippen LogP contribution in [0, 0.1) is 0 Å². The van der Waals surface area contributed by atoms with Gasteiger partial charge in [-0.2, -0.15) is 5.10 Å². The molecule has 3 heterocycles. The lowest BCUT2D eigenvalue weighted by Crippen LogP contribution is -2.22. The highest BCUT2D eigenvalue weighted by Crippen LogP contribution is 2.25. The second kappa shape index (κ2) is 4.82. The summed E-state index contributed by atoms with van der Waals surface area (Å²) in [6, 6.07) is 4.13. The summed E-state index contributed by atoms with van der Waals surface area (Å²) < 4.78 is 0. The van der Waals surface area contributed by atoms with Crippen molar-refractivity contribution < 1.29 is 5.11 Å². The third-order valence-corrected chi connectivity index (χ3v) is 3.97. The Labute approximate surface area is 107 Å². The zero-order chi connectivity index (χ0) is 12.5. The maximum absolute atomic E-state index is 9.52. The average Bonchev–Trinajstić information content (AvgIpc) is 2.98. The number of hydrogen-bond acceptors (Lipinski definition) is 5. The molecule has 2 unspecified atom stereocenters. The maximum Gasteiger partial charge on any atom is 0.151 e. The van der Waals surface area contributed by atoms with Crippen molar-refractivity contribution in [1.29, 1.82) is 0 Å². The Hall–Kier alpha value is -1.20. The van der Waals surface area contributed by atoms with Crippen molar-refractivity contribution in [2.24, 2.45) is 0 Å². The number of aromatic nitrogens is 2. The van der Waals surface area contributed by atoms with Crippen LogP contribution in [0.5, 0.6) is 0 Å². The molecule has 0 aromatic carbocycles. The first-order valence-corrected chi connectivity index (χ1v) is 6.67. The standard InChI is InChI=1S/C13H20N4O/c1-16-6-4-10(8-16)12-2-3-13(15-14-12)17-7-5-11(18)9-17/h2-3,10-11,18H,4-9H2,1H3. The number of likely N-dealkylation sites (tertiary alicyclic amines) is 1. The van der Waals surface area contributed by atoms with Gasteiger partial charge in [0.05, 0.1) is 11.8 Å². The summed E-state index contributed by atoms with van der Waals surface area (Å²) in [6.07, 6.45) is 1.79. The van der Waals surface area contributed by atoms with E-state index >= 15 is 0 Å². The second-order valence-electron chi connectivity index (χ2n) is 5.45. The summed E-state index contributed by atoms with van der Waals surface area (Å²) >= 11 is 0. The van der Waals surface area contributed by atoms with E-state index in [4.69, 9.17) is 0 Å². The Morgan fingerprint density at radius 2 is 2.06 bits per heavy atom. The summed E-state index contributed by atoms with van der Waals surface area (Å²) in [5.41, 5.74) is 1.10. The molecule has 0 bridgehead atoms. The van der Waals surface area contributed by atoms with Gasteiger partial charge < -0.3 is 14.9 Å². The number of rotatable bonds is 2. The molecule has 3 rings (SSSR count). The monoisotopic (exact) mass is 248 g/mol. The van der Waals surface area contributed by atoms with Crippen LogP contribution in [-0.4, -0.2) is 59.5 Å².